The molecule has 0 radical (unpaired) electrons. The molecule has 21 heavy (non-hydrogen) atoms. The van der Waals surface area contributed by atoms with Crippen LogP contribution in [0.1, 0.15) is 17.8 Å². The lowest BCUT2D eigenvalue weighted by atomic mass is 10.2. The summed E-state index contributed by atoms with van der Waals surface area (Å²) < 4.78 is 5.13. The first-order chi connectivity index (χ1) is 9.92. The summed E-state index contributed by atoms with van der Waals surface area (Å²) in [4.78, 5) is 28.7. The van der Waals surface area contributed by atoms with Gasteiger partial charge in [-0.2, -0.15) is 5.10 Å². The van der Waals surface area contributed by atoms with Gasteiger partial charge in [-0.3, -0.25) is 5.32 Å². The lowest BCUT2D eigenvalue weighted by Crippen LogP contribution is -2.43. The lowest BCUT2D eigenvalue weighted by molar-refractivity contribution is -0.141. The van der Waals surface area contributed by atoms with E-state index < -0.39 is 18.0 Å². The number of carboxylic acid groups (broad SMARTS) is 1. The number of hydrogen-bond donors (Lipinski definition) is 2. The maximum atomic E-state index is 12.2. The van der Waals surface area contributed by atoms with Crippen molar-refractivity contribution in [1.82, 2.24) is 20.1 Å². The number of nitrogens with zero attached hydrogens (tertiary/aromatic N) is 4. The summed E-state index contributed by atoms with van der Waals surface area (Å²) >= 11 is 0. The predicted molar refractivity (Wildman–Crippen MR) is 71.9 cm³/mol. The monoisotopic (exact) mass is 295 g/mol. The van der Waals surface area contributed by atoms with Crippen LogP contribution in [0.25, 0.3) is 0 Å². The van der Waals surface area contributed by atoms with Crippen molar-refractivity contribution in [2.75, 3.05) is 19.0 Å². The molecule has 1 saturated heterocycles. The van der Waals surface area contributed by atoms with Crippen LogP contribution in [0.3, 0.4) is 0 Å². The lowest BCUT2D eigenvalue weighted by Gasteiger charge is -2.20. The highest BCUT2D eigenvalue weighted by atomic mass is 16.5. The summed E-state index contributed by atoms with van der Waals surface area (Å²) in [5.74, 6) is -1.02. The van der Waals surface area contributed by atoms with Crippen LogP contribution in [0.2, 0.25) is 0 Å². The van der Waals surface area contributed by atoms with Gasteiger partial charge in [0.2, 0.25) is 0 Å². The predicted octanol–water partition coefficient (Wildman–Crippen LogP) is 0.194. The van der Waals surface area contributed by atoms with E-state index in [1.54, 1.807) is 13.8 Å². The smallest absolute Gasteiger partial charge is 0.326 e. The van der Waals surface area contributed by atoms with Gasteiger partial charge in [-0.15, -0.1) is 5.10 Å². The fraction of sp³-hybridized carbons (Fsp3) is 0.583. The third-order valence-electron chi connectivity index (χ3n) is 3.45. The Morgan fingerprint density at radius 3 is 2.62 bits per heavy atom. The second-order valence-corrected chi connectivity index (χ2v) is 4.84. The molecule has 0 aliphatic carbocycles. The molecule has 1 aromatic heterocycles. The number of anilines is 1. The quantitative estimate of drug-likeness (QED) is 0.817. The molecule has 0 spiro atoms. The standard InChI is InChI=1S/C12H17N5O4/c1-6-7(2)15-16-11(13-6)14-12(20)17-5-8(21-3)4-9(17)10(18)19/h8-9H,4-5H2,1-3H3,(H,18,19)(H,13,14,16,20). The Morgan fingerprint density at radius 2 is 2.05 bits per heavy atom. The van der Waals surface area contributed by atoms with Crippen molar-refractivity contribution in [2.24, 2.45) is 0 Å². The Morgan fingerprint density at radius 1 is 1.33 bits per heavy atom. The van der Waals surface area contributed by atoms with Crippen LogP contribution in [0.5, 0.6) is 0 Å². The first kappa shape index (κ1) is 15.1. The van der Waals surface area contributed by atoms with Gasteiger partial charge in [-0.1, -0.05) is 0 Å². The Bertz CT molecular complexity index is 565. The van der Waals surface area contributed by atoms with E-state index in [1.165, 1.54) is 12.0 Å². The van der Waals surface area contributed by atoms with E-state index in [1.807, 2.05) is 0 Å². The van der Waals surface area contributed by atoms with Crippen LogP contribution in [0.4, 0.5) is 10.7 Å². The topological polar surface area (TPSA) is 118 Å². The molecule has 2 unspecified atom stereocenters. The third kappa shape index (κ3) is 3.24. The second kappa shape index (κ2) is 6.00. The van der Waals surface area contributed by atoms with Gasteiger partial charge in [-0.05, 0) is 13.8 Å². The molecule has 0 saturated carbocycles. The van der Waals surface area contributed by atoms with E-state index in [4.69, 9.17) is 4.74 Å². The van der Waals surface area contributed by atoms with Crippen LogP contribution in [-0.4, -0.2) is 63.0 Å². The maximum absolute atomic E-state index is 12.2. The number of nitrogens with one attached hydrogen (secondary N) is 1. The molecule has 2 amide bonds. The first-order valence-corrected chi connectivity index (χ1v) is 6.43. The van der Waals surface area contributed by atoms with Crippen LogP contribution in [0.15, 0.2) is 0 Å². The molecule has 1 fully saturated rings. The molecule has 2 heterocycles. The van der Waals surface area contributed by atoms with E-state index in [-0.39, 0.29) is 25.0 Å². The molecule has 9 heteroatoms. The molecule has 2 atom stereocenters. The van der Waals surface area contributed by atoms with Crippen molar-refractivity contribution in [3.05, 3.63) is 11.4 Å². The van der Waals surface area contributed by atoms with Crippen LogP contribution >= 0.6 is 0 Å². The van der Waals surface area contributed by atoms with E-state index in [9.17, 15) is 14.7 Å². The molecule has 1 aromatic rings. The SMILES string of the molecule is COC1CC(C(=O)O)N(C(=O)Nc2nnc(C)c(C)n2)C1. The average Bonchev–Trinajstić information content (AvgIpc) is 2.87. The molecule has 0 aromatic carbocycles. The minimum Gasteiger partial charge on any atom is -0.480 e. The zero-order valence-electron chi connectivity index (χ0n) is 12.0. The van der Waals surface area contributed by atoms with Gasteiger partial charge in [0.25, 0.3) is 5.95 Å². The zero-order chi connectivity index (χ0) is 15.6. The Hall–Kier alpha value is -2.29. The number of aromatic nitrogens is 3. The van der Waals surface area contributed by atoms with Crippen molar-refractivity contribution in [3.63, 3.8) is 0 Å². The molecule has 1 aliphatic heterocycles. The molecule has 0 bridgehead atoms. The first-order valence-electron chi connectivity index (χ1n) is 6.43. The van der Waals surface area contributed by atoms with E-state index >= 15 is 0 Å². The number of hydrogen-bond acceptors (Lipinski definition) is 6. The Balaban J connectivity index is 2.11. The minimum atomic E-state index is -1.07. The number of carboxylic acids is 1. The summed E-state index contributed by atoms with van der Waals surface area (Å²) in [5, 5.41) is 19.3. The van der Waals surface area contributed by atoms with Crippen LogP contribution in [0, 0.1) is 13.8 Å². The average molecular weight is 295 g/mol. The summed E-state index contributed by atoms with van der Waals surface area (Å²) in [7, 11) is 1.49. The van der Waals surface area contributed by atoms with Crippen molar-refractivity contribution in [1.29, 1.82) is 0 Å². The van der Waals surface area contributed by atoms with Gasteiger partial charge in [0, 0.05) is 20.1 Å². The molecule has 2 rings (SSSR count). The van der Waals surface area contributed by atoms with Crippen molar-refractivity contribution < 1.29 is 19.4 Å². The fourth-order valence-electron chi connectivity index (χ4n) is 2.10. The second-order valence-electron chi connectivity index (χ2n) is 4.84. The number of urea groups is 1. The minimum absolute atomic E-state index is 0.0492. The van der Waals surface area contributed by atoms with E-state index in [0.29, 0.717) is 11.4 Å². The van der Waals surface area contributed by atoms with Crippen LogP contribution < -0.4 is 5.32 Å². The number of amides is 2. The van der Waals surface area contributed by atoms with Gasteiger partial charge in [-0.25, -0.2) is 14.6 Å². The fourth-order valence-corrected chi connectivity index (χ4v) is 2.10. The highest BCUT2D eigenvalue weighted by Crippen LogP contribution is 2.21. The van der Waals surface area contributed by atoms with E-state index in [0.717, 1.165) is 0 Å². The number of rotatable bonds is 3. The molecule has 2 N–H and O–H groups in total. The van der Waals surface area contributed by atoms with Gasteiger partial charge in [0.15, 0.2) is 0 Å². The van der Waals surface area contributed by atoms with Crippen molar-refractivity contribution in [3.8, 4) is 0 Å². The van der Waals surface area contributed by atoms with Crippen LogP contribution in [-0.2, 0) is 9.53 Å². The highest BCUT2D eigenvalue weighted by Gasteiger charge is 2.40. The normalized spacial score (nSPS) is 21.4. The molecule has 114 valence electrons. The Kier molecular flexibility index (Phi) is 4.32. The van der Waals surface area contributed by atoms with Crippen molar-refractivity contribution >= 4 is 17.9 Å². The van der Waals surface area contributed by atoms with Gasteiger partial charge < -0.3 is 14.7 Å². The highest BCUT2D eigenvalue weighted by molar-refractivity contribution is 5.91. The number of ether oxygens (including phenoxy) is 1. The summed E-state index contributed by atoms with van der Waals surface area (Å²) in [6.07, 6.45) is -0.0405. The number of likely N-dealkylation sites (tertiary alicyclic amines) is 1. The zero-order valence-corrected chi connectivity index (χ0v) is 12.0. The van der Waals surface area contributed by atoms with Gasteiger partial charge >= 0.3 is 12.0 Å². The maximum Gasteiger partial charge on any atom is 0.326 e. The van der Waals surface area contributed by atoms with Gasteiger partial charge in [0.05, 0.1) is 17.5 Å². The Labute approximate surface area is 121 Å². The summed E-state index contributed by atoms with van der Waals surface area (Å²) in [5.41, 5.74) is 1.31. The molecular formula is C12H17N5O4. The third-order valence-corrected chi connectivity index (χ3v) is 3.45. The molecule has 9 nitrogen and oxygen atoms in total. The summed E-state index contributed by atoms with van der Waals surface area (Å²) in [6.45, 7) is 3.71. The number of methoxy groups -OCH3 is 1. The number of aryl methyl sites for hydroxylation is 2. The number of aliphatic carboxylic acids is 1. The molecular weight excluding hydrogens is 278 g/mol. The van der Waals surface area contributed by atoms with Crippen molar-refractivity contribution in [2.45, 2.75) is 32.4 Å². The largest absolute Gasteiger partial charge is 0.480 e. The molecule has 1 aliphatic rings. The van der Waals surface area contributed by atoms with Gasteiger partial charge in [0.1, 0.15) is 6.04 Å². The summed E-state index contributed by atoms with van der Waals surface area (Å²) in [6, 6.07) is -1.50. The number of carbonyl (C=O) groups is 2. The number of carbonyl (C=O) groups excluding carboxylic acids is 1. The van der Waals surface area contributed by atoms with E-state index in [2.05, 4.69) is 20.5 Å².